The zero-order valence-electron chi connectivity index (χ0n) is 22.2. The minimum Gasteiger partial charge on any atom is -0.332 e. The normalized spacial score (nSPS) is 15.9. The molecule has 0 bridgehead atoms. The highest BCUT2D eigenvalue weighted by Crippen LogP contribution is 2.44. The van der Waals surface area contributed by atoms with Gasteiger partial charge in [0.15, 0.2) is 5.16 Å². The Balaban J connectivity index is 1.36. The van der Waals surface area contributed by atoms with E-state index in [1.807, 2.05) is 55.5 Å². The first-order chi connectivity index (χ1) is 18.2. The van der Waals surface area contributed by atoms with E-state index in [1.165, 1.54) is 16.6 Å². The van der Waals surface area contributed by atoms with Crippen molar-refractivity contribution < 1.29 is 4.79 Å². The molecule has 2 aromatic heterocycles. The van der Waals surface area contributed by atoms with E-state index in [4.69, 9.17) is 4.98 Å². The van der Waals surface area contributed by atoms with Crippen LogP contribution in [0, 0.1) is 22.7 Å². The quantitative estimate of drug-likeness (QED) is 0.243. The summed E-state index contributed by atoms with van der Waals surface area (Å²) >= 11 is 2.96. The van der Waals surface area contributed by atoms with Crippen molar-refractivity contribution in [3.63, 3.8) is 0 Å². The Labute approximate surface area is 232 Å². The molecule has 0 fully saturated rings. The van der Waals surface area contributed by atoms with Gasteiger partial charge in [-0.25, -0.2) is 4.98 Å². The van der Waals surface area contributed by atoms with Crippen LogP contribution in [0.2, 0.25) is 0 Å². The fraction of sp³-hybridized carbons (Fsp3) is 0.323. The molecule has 2 heterocycles. The second kappa shape index (κ2) is 10.8. The van der Waals surface area contributed by atoms with Crippen LogP contribution in [0.4, 0.5) is 5.00 Å². The van der Waals surface area contributed by atoms with E-state index in [-0.39, 0.29) is 11.3 Å². The van der Waals surface area contributed by atoms with Crippen molar-refractivity contribution >= 4 is 34.0 Å². The second-order valence-electron chi connectivity index (χ2n) is 10.9. The van der Waals surface area contributed by atoms with Gasteiger partial charge in [-0.05, 0) is 43.1 Å². The number of carbonyl (C=O) groups is 1. The number of nitriles is 1. The predicted molar refractivity (Wildman–Crippen MR) is 157 cm³/mol. The van der Waals surface area contributed by atoms with Gasteiger partial charge < -0.3 is 10.3 Å². The third-order valence-corrected chi connectivity index (χ3v) is 9.44. The van der Waals surface area contributed by atoms with Crippen LogP contribution in [0.3, 0.4) is 0 Å². The molecule has 0 saturated carbocycles. The smallest absolute Gasteiger partial charge is 0.238 e. The van der Waals surface area contributed by atoms with Crippen molar-refractivity contribution in [2.75, 3.05) is 5.32 Å². The number of hydrogen-bond donors (Lipinski definition) is 2. The van der Waals surface area contributed by atoms with Crippen molar-refractivity contribution in [2.45, 2.75) is 57.4 Å². The Morgan fingerprint density at radius 3 is 2.42 bits per heavy atom. The van der Waals surface area contributed by atoms with E-state index in [1.54, 1.807) is 11.3 Å². The minimum atomic E-state index is -0.401. The first kappa shape index (κ1) is 26.3. The van der Waals surface area contributed by atoms with Gasteiger partial charge in [0.05, 0.1) is 22.2 Å². The molecule has 38 heavy (non-hydrogen) atoms. The number of nitrogens with zero attached hydrogens (tertiary/aromatic N) is 2. The third-order valence-electron chi connectivity index (χ3n) is 7.29. The Kier molecular flexibility index (Phi) is 7.47. The summed E-state index contributed by atoms with van der Waals surface area (Å²) in [5, 5.41) is 13.9. The van der Waals surface area contributed by atoms with Crippen LogP contribution in [0.5, 0.6) is 0 Å². The molecule has 2 aromatic carbocycles. The van der Waals surface area contributed by atoms with Gasteiger partial charge in [0.1, 0.15) is 11.1 Å². The molecule has 5 rings (SSSR count). The Morgan fingerprint density at radius 2 is 1.79 bits per heavy atom. The summed E-state index contributed by atoms with van der Waals surface area (Å²) in [6.45, 7) is 8.72. The Bertz CT molecular complexity index is 1420. The number of imidazole rings is 1. The number of fused-ring (bicyclic) bond motifs is 1. The van der Waals surface area contributed by atoms with Crippen LogP contribution in [-0.2, 0) is 17.6 Å². The fourth-order valence-corrected chi connectivity index (χ4v) is 7.08. The molecule has 0 spiro atoms. The van der Waals surface area contributed by atoms with E-state index in [9.17, 15) is 10.1 Å². The van der Waals surface area contributed by atoms with Gasteiger partial charge in [0, 0.05) is 16.0 Å². The number of aromatic amines is 1. The zero-order chi connectivity index (χ0) is 26.9. The van der Waals surface area contributed by atoms with Crippen LogP contribution < -0.4 is 5.32 Å². The second-order valence-corrected chi connectivity index (χ2v) is 13.3. The van der Waals surface area contributed by atoms with Crippen LogP contribution in [-0.4, -0.2) is 21.1 Å². The van der Waals surface area contributed by atoms with Gasteiger partial charge in [-0.3, -0.25) is 4.79 Å². The molecule has 2 atom stereocenters. The third kappa shape index (κ3) is 5.43. The molecule has 1 aliphatic rings. The van der Waals surface area contributed by atoms with Gasteiger partial charge in [0.2, 0.25) is 5.91 Å². The molecule has 194 valence electrons. The van der Waals surface area contributed by atoms with Gasteiger partial charge in [-0.2, -0.15) is 5.26 Å². The van der Waals surface area contributed by atoms with E-state index >= 15 is 0 Å². The van der Waals surface area contributed by atoms with E-state index in [2.05, 4.69) is 49.3 Å². The molecule has 7 heteroatoms. The van der Waals surface area contributed by atoms with Gasteiger partial charge in [-0.15, -0.1) is 11.3 Å². The van der Waals surface area contributed by atoms with Gasteiger partial charge in [0.25, 0.3) is 0 Å². The molecule has 5 nitrogen and oxygen atoms in total. The highest BCUT2D eigenvalue weighted by atomic mass is 32.2. The standard InChI is InChI=1S/C31H32N4OS2/c1-19(28(36)35-29-24(18-32)23-16-15-22(31(2,3)4)17-25(23)38-29)37-30-33-26(20-11-7-5-8-12-20)27(34-30)21-13-9-6-10-14-21/h5-14,19,22H,15-17H2,1-4H3,(H,33,34)(H,35,36). The van der Waals surface area contributed by atoms with Crippen molar-refractivity contribution in [3.05, 3.63) is 76.7 Å². The molecule has 0 saturated heterocycles. The van der Waals surface area contributed by atoms with Crippen LogP contribution >= 0.6 is 23.1 Å². The van der Waals surface area contributed by atoms with E-state index < -0.39 is 5.25 Å². The van der Waals surface area contributed by atoms with Crippen molar-refractivity contribution in [1.82, 2.24) is 9.97 Å². The maximum Gasteiger partial charge on any atom is 0.238 e. The summed E-state index contributed by atoms with van der Waals surface area (Å²) in [4.78, 5) is 22.9. The summed E-state index contributed by atoms with van der Waals surface area (Å²) in [6.07, 6.45) is 2.94. The molecule has 1 amide bonds. The molecule has 0 aliphatic heterocycles. The maximum absolute atomic E-state index is 13.3. The number of anilines is 1. The molecular weight excluding hydrogens is 509 g/mol. The number of aromatic nitrogens is 2. The molecular formula is C31H32N4OS2. The number of thioether (sulfide) groups is 1. The van der Waals surface area contributed by atoms with Crippen LogP contribution in [0.1, 0.15) is 50.1 Å². The highest BCUT2D eigenvalue weighted by molar-refractivity contribution is 8.00. The lowest BCUT2D eigenvalue weighted by molar-refractivity contribution is -0.115. The Morgan fingerprint density at radius 1 is 1.13 bits per heavy atom. The van der Waals surface area contributed by atoms with Gasteiger partial charge >= 0.3 is 0 Å². The summed E-state index contributed by atoms with van der Waals surface area (Å²) in [6, 6.07) is 22.5. The average molecular weight is 541 g/mol. The topological polar surface area (TPSA) is 81.6 Å². The number of carbonyl (C=O) groups excluding carboxylic acids is 1. The zero-order valence-corrected chi connectivity index (χ0v) is 23.8. The molecule has 1 aliphatic carbocycles. The number of hydrogen-bond acceptors (Lipinski definition) is 5. The minimum absolute atomic E-state index is 0.128. The van der Waals surface area contributed by atoms with Crippen molar-refractivity contribution in [2.24, 2.45) is 11.3 Å². The molecule has 0 radical (unpaired) electrons. The number of amides is 1. The van der Waals surface area contributed by atoms with Crippen molar-refractivity contribution in [3.8, 4) is 28.6 Å². The lowest BCUT2D eigenvalue weighted by atomic mass is 9.72. The highest BCUT2D eigenvalue weighted by Gasteiger charge is 2.33. The largest absolute Gasteiger partial charge is 0.332 e. The van der Waals surface area contributed by atoms with Gasteiger partial charge in [-0.1, -0.05) is 93.2 Å². The summed E-state index contributed by atoms with van der Waals surface area (Å²) in [5.74, 6) is 0.450. The summed E-state index contributed by atoms with van der Waals surface area (Å²) < 4.78 is 0. The predicted octanol–water partition coefficient (Wildman–Crippen LogP) is 7.95. The first-order valence-corrected chi connectivity index (χ1v) is 14.7. The Hall–Kier alpha value is -3.34. The summed E-state index contributed by atoms with van der Waals surface area (Å²) in [7, 11) is 0. The van der Waals surface area contributed by atoms with Crippen LogP contribution in [0.15, 0.2) is 65.8 Å². The molecule has 4 aromatic rings. The monoisotopic (exact) mass is 540 g/mol. The number of rotatable bonds is 6. The number of thiophene rings is 1. The van der Waals surface area contributed by atoms with E-state index in [0.717, 1.165) is 47.3 Å². The average Bonchev–Trinajstić information content (AvgIpc) is 3.49. The molecule has 2 N–H and O–H groups in total. The SMILES string of the molecule is CC(Sc1nc(-c2ccccc2)c(-c2ccccc2)[nH]1)C(=O)Nc1sc2c(c1C#N)CCC(C(C)(C)C)C2. The lowest BCUT2D eigenvalue weighted by Gasteiger charge is -2.33. The van der Waals surface area contributed by atoms with Crippen LogP contribution in [0.25, 0.3) is 22.5 Å². The fourth-order valence-electron chi connectivity index (χ4n) is 4.99. The van der Waals surface area contributed by atoms with E-state index in [0.29, 0.717) is 21.6 Å². The number of benzene rings is 2. The summed E-state index contributed by atoms with van der Waals surface area (Å²) in [5.41, 5.74) is 5.83. The first-order valence-electron chi connectivity index (χ1n) is 13.0. The van der Waals surface area contributed by atoms with Crippen molar-refractivity contribution in [1.29, 1.82) is 5.26 Å². The molecule has 2 unspecified atom stereocenters. The number of nitrogens with one attached hydrogen (secondary N) is 2. The number of H-pyrrole nitrogens is 1. The maximum atomic E-state index is 13.3. The lowest BCUT2D eigenvalue weighted by Crippen LogP contribution is -2.26.